The molecule has 3 rings (SSSR count). The van der Waals surface area contributed by atoms with Gasteiger partial charge in [0.25, 0.3) is 0 Å². The molecule has 0 bridgehead atoms. The summed E-state index contributed by atoms with van der Waals surface area (Å²) in [5.41, 5.74) is 2.05. The number of nitrogens with zero attached hydrogens (tertiary/aromatic N) is 5. The number of hydrogen-bond acceptors (Lipinski definition) is 5. The van der Waals surface area contributed by atoms with Gasteiger partial charge in [-0.2, -0.15) is 5.26 Å². The molecule has 112 valence electrons. The SMILES string of the molecule is Cc1cc(N2CCN(c3cc(F)cc(C#N)c3)CC2)ncn1. The summed E-state index contributed by atoms with van der Waals surface area (Å²) in [4.78, 5) is 12.7. The minimum Gasteiger partial charge on any atom is -0.368 e. The molecule has 1 aliphatic rings. The van der Waals surface area contributed by atoms with Crippen molar-refractivity contribution in [3.63, 3.8) is 0 Å². The minimum absolute atomic E-state index is 0.351. The summed E-state index contributed by atoms with van der Waals surface area (Å²) in [6.45, 7) is 5.07. The molecule has 0 spiro atoms. The molecule has 0 aliphatic carbocycles. The van der Waals surface area contributed by atoms with Crippen LogP contribution >= 0.6 is 0 Å². The molecular weight excluding hydrogens is 281 g/mol. The van der Waals surface area contributed by atoms with E-state index in [4.69, 9.17) is 5.26 Å². The Balaban J connectivity index is 1.72. The van der Waals surface area contributed by atoms with Gasteiger partial charge >= 0.3 is 0 Å². The Labute approximate surface area is 128 Å². The lowest BCUT2D eigenvalue weighted by atomic mass is 10.1. The fraction of sp³-hybridized carbons (Fsp3) is 0.312. The van der Waals surface area contributed by atoms with Crippen molar-refractivity contribution >= 4 is 11.5 Å². The van der Waals surface area contributed by atoms with Crippen molar-refractivity contribution in [2.45, 2.75) is 6.92 Å². The highest BCUT2D eigenvalue weighted by molar-refractivity contribution is 5.53. The van der Waals surface area contributed by atoms with E-state index in [9.17, 15) is 4.39 Å². The van der Waals surface area contributed by atoms with Crippen LogP contribution in [-0.2, 0) is 0 Å². The van der Waals surface area contributed by atoms with Gasteiger partial charge in [-0.15, -0.1) is 0 Å². The Morgan fingerprint density at radius 3 is 2.45 bits per heavy atom. The molecule has 0 atom stereocenters. The summed E-state index contributed by atoms with van der Waals surface area (Å²) >= 11 is 0. The van der Waals surface area contributed by atoms with Crippen LogP contribution in [0.4, 0.5) is 15.9 Å². The minimum atomic E-state index is -0.372. The Morgan fingerprint density at radius 2 is 1.77 bits per heavy atom. The van der Waals surface area contributed by atoms with E-state index in [1.807, 2.05) is 19.1 Å². The second-order valence-electron chi connectivity index (χ2n) is 5.30. The van der Waals surface area contributed by atoms with Crippen molar-refractivity contribution < 1.29 is 4.39 Å². The summed E-state index contributed by atoms with van der Waals surface area (Å²) in [6, 6.07) is 8.42. The lowest BCUT2D eigenvalue weighted by Crippen LogP contribution is -2.46. The van der Waals surface area contributed by atoms with Crippen LogP contribution < -0.4 is 9.80 Å². The van der Waals surface area contributed by atoms with Gasteiger partial charge in [0.2, 0.25) is 0 Å². The van der Waals surface area contributed by atoms with Gasteiger partial charge in [-0.25, -0.2) is 14.4 Å². The molecule has 0 N–H and O–H groups in total. The number of halogens is 1. The lowest BCUT2D eigenvalue weighted by molar-refractivity contribution is 0.618. The van der Waals surface area contributed by atoms with E-state index in [1.165, 1.54) is 12.1 Å². The maximum Gasteiger partial charge on any atom is 0.132 e. The number of anilines is 2. The first-order valence-electron chi connectivity index (χ1n) is 7.15. The maximum absolute atomic E-state index is 13.6. The predicted octanol–water partition coefficient (Wildman–Crippen LogP) is 2.12. The van der Waals surface area contributed by atoms with Gasteiger partial charge in [0, 0.05) is 43.6 Å². The van der Waals surface area contributed by atoms with Crippen LogP contribution in [0.1, 0.15) is 11.3 Å². The first kappa shape index (κ1) is 14.3. The van der Waals surface area contributed by atoms with Gasteiger partial charge in [0.05, 0.1) is 11.6 Å². The van der Waals surface area contributed by atoms with Gasteiger partial charge in [0.15, 0.2) is 0 Å². The largest absolute Gasteiger partial charge is 0.368 e. The molecule has 1 fully saturated rings. The summed E-state index contributed by atoms with van der Waals surface area (Å²) in [6.07, 6.45) is 1.57. The molecule has 1 aromatic carbocycles. The van der Waals surface area contributed by atoms with Crippen molar-refractivity contribution in [3.05, 3.63) is 47.7 Å². The van der Waals surface area contributed by atoms with E-state index < -0.39 is 0 Å². The fourth-order valence-corrected chi connectivity index (χ4v) is 2.63. The molecule has 6 heteroatoms. The predicted molar refractivity (Wildman–Crippen MR) is 82.3 cm³/mol. The molecular formula is C16H16FN5. The zero-order chi connectivity index (χ0) is 15.5. The first-order chi connectivity index (χ1) is 10.7. The second-order valence-corrected chi connectivity index (χ2v) is 5.30. The molecule has 1 saturated heterocycles. The second kappa shape index (κ2) is 5.98. The van der Waals surface area contributed by atoms with Gasteiger partial charge in [-0.1, -0.05) is 0 Å². The van der Waals surface area contributed by atoms with E-state index in [1.54, 1.807) is 12.4 Å². The topological polar surface area (TPSA) is 56.0 Å². The van der Waals surface area contributed by atoms with Crippen LogP contribution in [0, 0.1) is 24.1 Å². The quantitative estimate of drug-likeness (QED) is 0.850. The van der Waals surface area contributed by atoms with E-state index in [-0.39, 0.29) is 5.82 Å². The molecule has 1 aliphatic heterocycles. The Hall–Kier alpha value is -2.68. The standard InChI is InChI=1S/C16H16FN5/c1-12-6-16(20-11-19-12)22-4-2-21(3-5-22)15-8-13(10-18)7-14(17)9-15/h6-9,11H,2-5H2,1H3. The number of aromatic nitrogens is 2. The molecule has 2 heterocycles. The highest BCUT2D eigenvalue weighted by Gasteiger charge is 2.19. The fourth-order valence-electron chi connectivity index (χ4n) is 2.63. The summed E-state index contributed by atoms with van der Waals surface area (Å²) < 4.78 is 13.6. The molecule has 2 aromatic rings. The summed E-state index contributed by atoms with van der Waals surface area (Å²) in [7, 11) is 0. The number of aryl methyl sites for hydroxylation is 1. The van der Waals surface area contributed by atoms with Crippen LogP contribution in [0.2, 0.25) is 0 Å². The first-order valence-corrected chi connectivity index (χ1v) is 7.15. The lowest BCUT2D eigenvalue weighted by Gasteiger charge is -2.36. The maximum atomic E-state index is 13.6. The number of piperazine rings is 1. The Morgan fingerprint density at radius 1 is 1.05 bits per heavy atom. The molecule has 5 nitrogen and oxygen atoms in total. The summed E-state index contributed by atoms with van der Waals surface area (Å²) in [5.74, 6) is 0.548. The van der Waals surface area contributed by atoms with Gasteiger partial charge < -0.3 is 9.80 Å². The number of rotatable bonds is 2. The average molecular weight is 297 g/mol. The van der Waals surface area contributed by atoms with Crippen LogP contribution in [0.5, 0.6) is 0 Å². The van der Waals surface area contributed by atoms with Crippen LogP contribution in [0.15, 0.2) is 30.6 Å². The average Bonchev–Trinajstić information content (AvgIpc) is 2.54. The van der Waals surface area contributed by atoms with E-state index in [0.29, 0.717) is 5.56 Å². The molecule has 0 amide bonds. The normalized spacial score (nSPS) is 14.8. The third-order valence-corrected chi connectivity index (χ3v) is 3.77. The molecule has 1 aromatic heterocycles. The third-order valence-electron chi connectivity index (χ3n) is 3.77. The zero-order valence-corrected chi connectivity index (χ0v) is 12.3. The third kappa shape index (κ3) is 2.98. The van der Waals surface area contributed by atoms with Crippen molar-refractivity contribution in [1.29, 1.82) is 5.26 Å². The Kier molecular flexibility index (Phi) is 3.88. The van der Waals surface area contributed by atoms with Crippen molar-refractivity contribution in [2.24, 2.45) is 0 Å². The van der Waals surface area contributed by atoms with Crippen LogP contribution in [0.3, 0.4) is 0 Å². The highest BCUT2D eigenvalue weighted by atomic mass is 19.1. The molecule has 0 radical (unpaired) electrons. The van der Waals surface area contributed by atoms with Crippen LogP contribution in [0.25, 0.3) is 0 Å². The number of hydrogen-bond donors (Lipinski definition) is 0. The van der Waals surface area contributed by atoms with Crippen molar-refractivity contribution in [1.82, 2.24) is 9.97 Å². The van der Waals surface area contributed by atoms with Gasteiger partial charge in [-0.3, -0.25) is 0 Å². The van der Waals surface area contributed by atoms with Crippen molar-refractivity contribution in [2.75, 3.05) is 36.0 Å². The van der Waals surface area contributed by atoms with Crippen LogP contribution in [-0.4, -0.2) is 36.1 Å². The highest BCUT2D eigenvalue weighted by Crippen LogP contribution is 2.21. The van der Waals surface area contributed by atoms with Gasteiger partial charge in [-0.05, 0) is 25.1 Å². The van der Waals surface area contributed by atoms with Gasteiger partial charge in [0.1, 0.15) is 18.0 Å². The zero-order valence-electron chi connectivity index (χ0n) is 12.3. The Bertz CT molecular complexity index is 717. The molecule has 22 heavy (non-hydrogen) atoms. The van der Waals surface area contributed by atoms with Crippen molar-refractivity contribution in [3.8, 4) is 6.07 Å². The summed E-state index contributed by atoms with van der Waals surface area (Å²) in [5, 5.41) is 8.94. The number of nitriles is 1. The monoisotopic (exact) mass is 297 g/mol. The molecule has 0 saturated carbocycles. The van der Waals surface area contributed by atoms with E-state index >= 15 is 0 Å². The smallest absolute Gasteiger partial charge is 0.132 e. The van der Waals surface area contributed by atoms with E-state index in [2.05, 4.69) is 19.8 Å². The number of benzene rings is 1. The molecule has 0 unspecified atom stereocenters. The van der Waals surface area contributed by atoms with E-state index in [0.717, 1.165) is 43.4 Å².